The van der Waals surface area contributed by atoms with E-state index in [-0.39, 0.29) is 11.5 Å². The lowest BCUT2D eigenvalue weighted by Gasteiger charge is -2.04. The van der Waals surface area contributed by atoms with Crippen molar-refractivity contribution in [2.45, 2.75) is 0 Å². The number of nitrogens with zero attached hydrogens (tertiary/aromatic N) is 1. The summed E-state index contributed by atoms with van der Waals surface area (Å²) in [6.07, 6.45) is 0. The van der Waals surface area contributed by atoms with E-state index in [1.807, 2.05) is 24.3 Å². The highest BCUT2D eigenvalue weighted by molar-refractivity contribution is 6.08. The Balaban J connectivity index is 2.45. The first kappa shape index (κ1) is 12.4. The van der Waals surface area contributed by atoms with Gasteiger partial charge in [0.25, 0.3) is 0 Å². The molecule has 3 aromatic rings. The van der Waals surface area contributed by atoms with Crippen molar-refractivity contribution in [3.05, 3.63) is 60.0 Å². The van der Waals surface area contributed by atoms with Crippen LogP contribution in [0.25, 0.3) is 22.0 Å². The number of halogens is 1. The number of carboxylic acid groups (broad SMARTS) is 1. The predicted molar refractivity (Wildman–Crippen MR) is 75.3 cm³/mol. The van der Waals surface area contributed by atoms with Gasteiger partial charge in [-0.2, -0.15) is 0 Å². The lowest BCUT2D eigenvalue weighted by atomic mass is 10.0. The van der Waals surface area contributed by atoms with Crippen molar-refractivity contribution < 1.29 is 14.3 Å². The van der Waals surface area contributed by atoms with Gasteiger partial charge in [0.15, 0.2) is 0 Å². The maximum Gasteiger partial charge on any atom is 0.353 e. The summed E-state index contributed by atoms with van der Waals surface area (Å²) in [6.45, 7) is 0. The van der Waals surface area contributed by atoms with Gasteiger partial charge in [0.05, 0.1) is 0 Å². The summed E-state index contributed by atoms with van der Waals surface area (Å²) in [5.41, 5.74) is 2.09. The lowest BCUT2D eigenvalue weighted by Crippen LogP contribution is -2.05. The molecule has 0 aliphatic rings. The number of aryl methyl sites for hydroxylation is 1. The van der Waals surface area contributed by atoms with Gasteiger partial charge in [-0.25, -0.2) is 9.18 Å². The van der Waals surface area contributed by atoms with Crippen LogP contribution in [0, 0.1) is 5.82 Å². The molecule has 0 unspecified atom stereocenters. The van der Waals surface area contributed by atoms with Crippen molar-refractivity contribution >= 4 is 16.9 Å². The maximum absolute atomic E-state index is 13.4. The molecule has 1 aromatic heterocycles. The molecule has 3 nitrogen and oxygen atoms in total. The normalized spacial score (nSPS) is 10.9. The van der Waals surface area contributed by atoms with Gasteiger partial charge < -0.3 is 9.67 Å². The molecule has 0 amide bonds. The Kier molecular flexibility index (Phi) is 2.79. The molecule has 0 fully saturated rings. The second-order valence-electron chi connectivity index (χ2n) is 4.62. The van der Waals surface area contributed by atoms with Gasteiger partial charge in [-0.05, 0) is 23.8 Å². The molecule has 1 N–H and O–H groups in total. The Morgan fingerprint density at radius 2 is 1.90 bits per heavy atom. The van der Waals surface area contributed by atoms with Crippen molar-refractivity contribution in [3.8, 4) is 11.1 Å². The highest BCUT2D eigenvalue weighted by atomic mass is 19.1. The van der Waals surface area contributed by atoms with E-state index in [2.05, 4.69) is 0 Å². The Labute approximate surface area is 114 Å². The molecule has 3 rings (SSSR count). The zero-order chi connectivity index (χ0) is 14.3. The summed E-state index contributed by atoms with van der Waals surface area (Å²) in [7, 11) is 1.70. The zero-order valence-corrected chi connectivity index (χ0v) is 10.8. The third-order valence-corrected chi connectivity index (χ3v) is 3.42. The van der Waals surface area contributed by atoms with Crippen LogP contribution in [0.3, 0.4) is 0 Å². The summed E-state index contributed by atoms with van der Waals surface area (Å²) >= 11 is 0. The van der Waals surface area contributed by atoms with Crippen LogP contribution >= 0.6 is 0 Å². The van der Waals surface area contributed by atoms with Crippen LogP contribution in [0.5, 0.6) is 0 Å². The second kappa shape index (κ2) is 4.49. The van der Waals surface area contributed by atoms with Crippen molar-refractivity contribution in [2.24, 2.45) is 7.05 Å². The van der Waals surface area contributed by atoms with E-state index in [0.29, 0.717) is 11.1 Å². The molecule has 100 valence electrons. The van der Waals surface area contributed by atoms with E-state index in [9.17, 15) is 14.3 Å². The number of fused-ring (bicyclic) bond motifs is 1. The zero-order valence-electron chi connectivity index (χ0n) is 10.8. The fraction of sp³-hybridized carbons (Fsp3) is 0.0625. The summed E-state index contributed by atoms with van der Waals surface area (Å²) < 4.78 is 15.1. The van der Waals surface area contributed by atoms with E-state index in [4.69, 9.17) is 0 Å². The van der Waals surface area contributed by atoms with Gasteiger partial charge in [0.2, 0.25) is 0 Å². The molecule has 0 spiro atoms. The average molecular weight is 269 g/mol. The van der Waals surface area contributed by atoms with Crippen LogP contribution < -0.4 is 0 Å². The fourth-order valence-corrected chi connectivity index (χ4v) is 2.58. The third-order valence-electron chi connectivity index (χ3n) is 3.42. The second-order valence-corrected chi connectivity index (χ2v) is 4.62. The Bertz CT molecular complexity index is 820. The minimum absolute atomic E-state index is 0.164. The van der Waals surface area contributed by atoms with Gasteiger partial charge in [-0.1, -0.05) is 30.3 Å². The molecule has 0 saturated carbocycles. The Morgan fingerprint density at radius 1 is 1.15 bits per heavy atom. The molecule has 2 aromatic carbocycles. The summed E-state index contributed by atoms with van der Waals surface area (Å²) in [5, 5.41) is 10.3. The van der Waals surface area contributed by atoms with Crippen LogP contribution in [0.2, 0.25) is 0 Å². The molecule has 0 atom stereocenters. The smallest absolute Gasteiger partial charge is 0.353 e. The Morgan fingerprint density at radius 3 is 2.60 bits per heavy atom. The molecule has 0 aliphatic carbocycles. The van der Waals surface area contributed by atoms with E-state index >= 15 is 0 Å². The highest BCUT2D eigenvalue weighted by Gasteiger charge is 2.21. The number of aromatic nitrogens is 1. The molecule has 20 heavy (non-hydrogen) atoms. The summed E-state index contributed by atoms with van der Waals surface area (Å²) in [6, 6.07) is 13.4. The van der Waals surface area contributed by atoms with Crippen molar-refractivity contribution in [2.75, 3.05) is 0 Å². The molecular weight excluding hydrogens is 257 g/mol. The van der Waals surface area contributed by atoms with Crippen LogP contribution in [-0.2, 0) is 7.05 Å². The molecular formula is C16H12FNO2. The van der Waals surface area contributed by atoms with E-state index in [1.54, 1.807) is 23.7 Å². The number of rotatable bonds is 2. The summed E-state index contributed by atoms with van der Waals surface area (Å²) in [4.78, 5) is 11.6. The molecule has 0 bridgehead atoms. The largest absolute Gasteiger partial charge is 0.477 e. The number of carboxylic acids is 1. The first-order valence-electron chi connectivity index (χ1n) is 6.16. The van der Waals surface area contributed by atoms with Crippen molar-refractivity contribution in [1.82, 2.24) is 4.57 Å². The van der Waals surface area contributed by atoms with E-state index in [1.165, 1.54) is 12.1 Å². The fourth-order valence-electron chi connectivity index (χ4n) is 2.58. The highest BCUT2D eigenvalue weighted by Crippen LogP contribution is 2.34. The average Bonchev–Trinajstić information content (AvgIpc) is 2.73. The number of carbonyl (C=O) groups is 1. The monoisotopic (exact) mass is 269 g/mol. The third kappa shape index (κ3) is 1.77. The molecule has 0 aliphatic heterocycles. The number of para-hydroxylation sites is 1. The number of hydrogen-bond acceptors (Lipinski definition) is 1. The van der Waals surface area contributed by atoms with E-state index in [0.717, 1.165) is 10.9 Å². The first-order valence-corrected chi connectivity index (χ1v) is 6.16. The molecule has 4 heteroatoms. The standard InChI is InChI=1S/C16H12FNO2/c1-18-13-8-3-2-7-12(13)14(15(18)16(19)20)10-5-4-6-11(17)9-10/h2-9H,1H3,(H,19,20). The van der Waals surface area contributed by atoms with Gasteiger partial charge in [-0.15, -0.1) is 0 Å². The first-order chi connectivity index (χ1) is 9.59. The molecule has 0 radical (unpaired) electrons. The van der Waals surface area contributed by atoms with Gasteiger partial charge in [0, 0.05) is 23.5 Å². The van der Waals surface area contributed by atoms with E-state index < -0.39 is 5.97 Å². The topological polar surface area (TPSA) is 42.2 Å². The number of hydrogen-bond donors (Lipinski definition) is 1. The lowest BCUT2D eigenvalue weighted by molar-refractivity contribution is 0.0688. The van der Waals surface area contributed by atoms with Gasteiger partial charge >= 0.3 is 5.97 Å². The number of benzene rings is 2. The van der Waals surface area contributed by atoms with Gasteiger partial charge in [0.1, 0.15) is 11.5 Å². The van der Waals surface area contributed by atoms with Gasteiger partial charge in [-0.3, -0.25) is 0 Å². The minimum atomic E-state index is -1.03. The number of aromatic carboxylic acids is 1. The van der Waals surface area contributed by atoms with Crippen LogP contribution in [-0.4, -0.2) is 15.6 Å². The quantitative estimate of drug-likeness (QED) is 0.771. The van der Waals surface area contributed by atoms with Crippen LogP contribution in [0.1, 0.15) is 10.5 Å². The Hall–Kier alpha value is -2.62. The molecule has 0 saturated heterocycles. The van der Waals surface area contributed by atoms with Crippen LogP contribution in [0.4, 0.5) is 4.39 Å². The summed E-state index contributed by atoms with van der Waals surface area (Å²) in [5.74, 6) is -1.41. The predicted octanol–water partition coefficient (Wildman–Crippen LogP) is 3.68. The maximum atomic E-state index is 13.4. The van der Waals surface area contributed by atoms with Crippen molar-refractivity contribution in [1.29, 1.82) is 0 Å². The minimum Gasteiger partial charge on any atom is -0.477 e. The van der Waals surface area contributed by atoms with Crippen LogP contribution in [0.15, 0.2) is 48.5 Å². The van der Waals surface area contributed by atoms with Crippen molar-refractivity contribution in [3.63, 3.8) is 0 Å². The SMILES string of the molecule is Cn1c(C(=O)O)c(-c2cccc(F)c2)c2ccccc21. The molecule has 1 heterocycles.